The molecule has 0 aromatic heterocycles. The summed E-state index contributed by atoms with van der Waals surface area (Å²) < 4.78 is 39.7. The van der Waals surface area contributed by atoms with E-state index < -0.39 is 29.5 Å². The Morgan fingerprint density at radius 2 is 1.63 bits per heavy atom. The molecule has 3 aromatic carbocycles. The van der Waals surface area contributed by atoms with Gasteiger partial charge in [-0.3, -0.25) is 14.4 Å². The topological polar surface area (TPSA) is 101 Å². The van der Waals surface area contributed by atoms with Crippen LogP contribution in [0, 0.1) is 0 Å². The van der Waals surface area contributed by atoms with Crippen molar-refractivity contribution >= 4 is 34.2 Å². The molecule has 9 heteroatoms. The molecule has 0 fully saturated rings. The van der Waals surface area contributed by atoms with E-state index in [0.29, 0.717) is 5.39 Å². The number of amides is 3. The van der Waals surface area contributed by atoms with Crippen LogP contribution in [-0.2, 0) is 11.0 Å². The van der Waals surface area contributed by atoms with Gasteiger partial charge in [-0.2, -0.15) is 13.2 Å². The van der Waals surface area contributed by atoms with Gasteiger partial charge in [-0.15, -0.1) is 0 Å². The zero-order valence-electron chi connectivity index (χ0n) is 15.4. The van der Waals surface area contributed by atoms with Crippen molar-refractivity contribution in [2.45, 2.75) is 6.18 Å². The second-order valence-corrected chi connectivity index (χ2v) is 6.43. The van der Waals surface area contributed by atoms with Crippen molar-refractivity contribution in [1.29, 1.82) is 0 Å². The van der Waals surface area contributed by atoms with Crippen LogP contribution in [0.3, 0.4) is 0 Å². The SMILES string of the molecule is NC(=O)CNC(=O)c1cccc(NC(=O)c2cc(C(F)(F)F)cc3ccccc23)c1. The van der Waals surface area contributed by atoms with Gasteiger partial charge in [0.15, 0.2) is 0 Å². The first-order valence-electron chi connectivity index (χ1n) is 8.73. The van der Waals surface area contributed by atoms with Gasteiger partial charge in [0, 0.05) is 16.8 Å². The molecule has 0 aliphatic heterocycles. The number of primary amides is 1. The minimum atomic E-state index is -4.61. The summed E-state index contributed by atoms with van der Waals surface area (Å²) >= 11 is 0. The summed E-state index contributed by atoms with van der Waals surface area (Å²) in [5, 5.41) is 5.45. The van der Waals surface area contributed by atoms with Gasteiger partial charge in [-0.25, -0.2) is 0 Å². The molecule has 0 unspecified atom stereocenters. The summed E-state index contributed by atoms with van der Waals surface area (Å²) in [6.45, 7) is -0.356. The number of hydrogen-bond donors (Lipinski definition) is 3. The molecular weight excluding hydrogens is 399 g/mol. The maximum Gasteiger partial charge on any atom is 0.416 e. The highest BCUT2D eigenvalue weighted by Crippen LogP contribution is 2.33. The highest BCUT2D eigenvalue weighted by Gasteiger charge is 2.32. The number of fused-ring (bicyclic) bond motifs is 1. The van der Waals surface area contributed by atoms with E-state index in [-0.39, 0.29) is 28.7 Å². The first-order chi connectivity index (χ1) is 14.1. The van der Waals surface area contributed by atoms with Crippen LogP contribution >= 0.6 is 0 Å². The van der Waals surface area contributed by atoms with Gasteiger partial charge in [0.1, 0.15) is 0 Å². The Labute approximate surface area is 168 Å². The van der Waals surface area contributed by atoms with E-state index in [1.165, 1.54) is 30.3 Å². The number of nitrogens with one attached hydrogen (secondary N) is 2. The van der Waals surface area contributed by atoms with E-state index in [1.807, 2.05) is 0 Å². The molecule has 3 aromatic rings. The second kappa shape index (κ2) is 8.24. The predicted molar refractivity (Wildman–Crippen MR) is 105 cm³/mol. The molecular formula is C21H16F3N3O3. The third-order valence-electron chi connectivity index (χ3n) is 4.24. The van der Waals surface area contributed by atoms with Crippen molar-refractivity contribution in [1.82, 2.24) is 5.32 Å². The normalized spacial score (nSPS) is 11.2. The van der Waals surface area contributed by atoms with Crippen LogP contribution in [-0.4, -0.2) is 24.3 Å². The quantitative estimate of drug-likeness (QED) is 0.596. The number of halogens is 3. The molecule has 0 saturated carbocycles. The third kappa shape index (κ3) is 4.75. The van der Waals surface area contributed by atoms with Crippen molar-refractivity contribution in [2.24, 2.45) is 5.73 Å². The molecule has 0 bridgehead atoms. The summed E-state index contributed by atoms with van der Waals surface area (Å²) in [6, 6.07) is 13.8. The Kier molecular flexibility index (Phi) is 5.72. The van der Waals surface area contributed by atoms with Gasteiger partial charge in [0.05, 0.1) is 12.1 Å². The van der Waals surface area contributed by atoms with Gasteiger partial charge in [-0.1, -0.05) is 30.3 Å². The van der Waals surface area contributed by atoms with Gasteiger partial charge in [0.2, 0.25) is 5.91 Å². The molecule has 4 N–H and O–H groups in total. The summed E-state index contributed by atoms with van der Waals surface area (Å²) in [7, 11) is 0. The Hall–Kier alpha value is -3.88. The van der Waals surface area contributed by atoms with E-state index >= 15 is 0 Å². The maximum atomic E-state index is 13.2. The lowest BCUT2D eigenvalue weighted by Gasteiger charge is -2.13. The van der Waals surface area contributed by atoms with E-state index in [0.717, 1.165) is 12.1 Å². The molecule has 154 valence electrons. The van der Waals surface area contributed by atoms with E-state index in [9.17, 15) is 27.6 Å². The molecule has 0 heterocycles. The monoisotopic (exact) mass is 415 g/mol. The Morgan fingerprint density at radius 1 is 0.900 bits per heavy atom. The number of carbonyl (C=O) groups is 3. The molecule has 3 amide bonds. The standard InChI is InChI=1S/C21H16F3N3O3/c22-21(23,24)14-8-12-4-1-2-7-16(12)17(10-14)20(30)27-15-6-3-5-13(9-15)19(29)26-11-18(25)28/h1-10H,11H2,(H2,25,28)(H,26,29)(H,27,30). The van der Waals surface area contributed by atoms with Crippen LogP contribution in [0.25, 0.3) is 10.8 Å². The van der Waals surface area contributed by atoms with E-state index in [1.54, 1.807) is 18.2 Å². The van der Waals surface area contributed by atoms with Gasteiger partial charge < -0.3 is 16.4 Å². The molecule has 0 atom stereocenters. The number of alkyl halides is 3. The minimum Gasteiger partial charge on any atom is -0.368 e. The van der Waals surface area contributed by atoms with Crippen molar-refractivity contribution in [3.8, 4) is 0 Å². The summed E-state index contributed by atoms with van der Waals surface area (Å²) in [4.78, 5) is 35.6. The fourth-order valence-electron chi connectivity index (χ4n) is 2.87. The summed E-state index contributed by atoms with van der Waals surface area (Å²) in [5.41, 5.74) is 4.23. The van der Waals surface area contributed by atoms with Crippen molar-refractivity contribution in [2.75, 3.05) is 11.9 Å². The number of anilines is 1. The largest absolute Gasteiger partial charge is 0.416 e. The lowest BCUT2D eigenvalue weighted by Crippen LogP contribution is -2.33. The fraction of sp³-hybridized carbons (Fsp3) is 0.0952. The average molecular weight is 415 g/mol. The lowest BCUT2D eigenvalue weighted by atomic mass is 10.00. The Morgan fingerprint density at radius 3 is 2.33 bits per heavy atom. The number of carbonyl (C=O) groups excluding carboxylic acids is 3. The van der Waals surface area contributed by atoms with Crippen molar-refractivity contribution in [3.05, 3.63) is 77.4 Å². The highest BCUT2D eigenvalue weighted by molar-refractivity contribution is 6.13. The van der Waals surface area contributed by atoms with Gasteiger partial charge in [0.25, 0.3) is 11.8 Å². The predicted octanol–water partition coefficient (Wildman–Crippen LogP) is 3.33. The first kappa shape index (κ1) is 20.8. The Bertz CT molecular complexity index is 1140. The van der Waals surface area contributed by atoms with Crippen molar-refractivity contribution in [3.63, 3.8) is 0 Å². The fourth-order valence-corrected chi connectivity index (χ4v) is 2.87. The van der Waals surface area contributed by atoms with Crippen molar-refractivity contribution < 1.29 is 27.6 Å². The number of hydrogen-bond acceptors (Lipinski definition) is 3. The minimum absolute atomic E-state index is 0.142. The molecule has 30 heavy (non-hydrogen) atoms. The van der Waals surface area contributed by atoms with Gasteiger partial charge >= 0.3 is 6.18 Å². The first-order valence-corrected chi connectivity index (χ1v) is 8.73. The number of benzene rings is 3. The lowest BCUT2D eigenvalue weighted by molar-refractivity contribution is -0.137. The van der Waals surface area contributed by atoms with Crippen LogP contribution in [0.5, 0.6) is 0 Å². The second-order valence-electron chi connectivity index (χ2n) is 6.43. The summed E-state index contributed by atoms with van der Waals surface area (Å²) in [6.07, 6.45) is -4.61. The smallest absolute Gasteiger partial charge is 0.368 e. The molecule has 3 rings (SSSR count). The third-order valence-corrected chi connectivity index (χ3v) is 4.24. The number of nitrogens with two attached hydrogens (primary N) is 1. The van der Waals surface area contributed by atoms with E-state index in [2.05, 4.69) is 10.6 Å². The molecule has 0 aliphatic rings. The van der Waals surface area contributed by atoms with Crippen LogP contribution < -0.4 is 16.4 Å². The average Bonchev–Trinajstić information content (AvgIpc) is 2.70. The van der Waals surface area contributed by atoms with E-state index in [4.69, 9.17) is 5.73 Å². The van der Waals surface area contributed by atoms with Crippen LogP contribution in [0.2, 0.25) is 0 Å². The van der Waals surface area contributed by atoms with Crippen LogP contribution in [0.1, 0.15) is 26.3 Å². The molecule has 0 spiro atoms. The number of rotatable bonds is 5. The molecule has 0 aliphatic carbocycles. The van der Waals surface area contributed by atoms with Crippen LogP contribution in [0.15, 0.2) is 60.7 Å². The van der Waals surface area contributed by atoms with Gasteiger partial charge in [-0.05, 0) is 41.1 Å². The maximum absolute atomic E-state index is 13.2. The molecule has 0 saturated heterocycles. The molecule has 6 nitrogen and oxygen atoms in total. The highest BCUT2D eigenvalue weighted by atomic mass is 19.4. The zero-order valence-corrected chi connectivity index (χ0v) is 15.4. The molecule has 0 radical (unpaired) electrons. The van der Waals surface area contributed by atoms with Crippen LogP contribution in [0.4, 0.5) is 18.9 Å². The Balaban J connectivity index is 1.91. The zero-order chi connectivity index (χ0) is 21.9. The summed E-state index contributed by atoms with van der Waals surface area (Å²) in [5.74, 6) is -2.06.